The van der Waals surface area contributed by atoms with Gasteiger partial charge in [-0.2, -0.15) is 12.1 Å². The second-order valence-corrected chi connectivity index (χ2v) is 31.7. The molecule has 2 aliphatic rings. The fourth-order valence-electron chi connectivity index (χ4n) is 12.3. The molecule has 2 fully saturated rings. The zero-order valence-corrected chi connectivity index (χ0v) is 50.3. The molecule has 4 heteroatoms. The molecule has 2 saturated carbocycles. The molecule has 8 aromatic carbocycles. The summed E-state index contributed by atoms with van der Waals surface area (Å²) in [5, 5.41) is 5.67. The predicted octanol–water partition coefficient (Wildman–Crippen LogP) is 14.1. The Morgan fingerprint density at radius 2 is 0.611 bits per heavy atom. The van der Waals surface area contributed by atoms with Gasteiger partial charge in [0.1, 0.15) is 0 Å². The first kappa shape index (κ1) is 57.5. The smallest absolute Gasteiger partial charge is 0.0274 e. The van der Waals surface area contributed by atoms with Crippen molar-refractivity contribution in [2.45, 2.75) is 158 Å². The van der Waals surface area contributed by atoms with Gasteiger partial charge in [0.25, 0.3) is 0 Å². The van der Waals surface area contributed by atoms with Gasteiger partial charge in [0.2, 0.25) is 0 Å². The summed E-state index contributed by atoms with van der Waals surface area (Å²) >= 11 is 1.74. The van der Waals surface area contributed by atoms with Crippen LogP contribution < -0.4 is 24.8 Å². The number of fused-ring (bicyclic) bond motifs is 2. The Hall–Kier alpha value is -3.78. The summed E-state index contributed by atoms with van der Waals surface area (Å²) in [5.41, 5.74) is 24.8. The molecule has 0 saturated heterocycles. The van der Waals surface area contributed by atoms with Crippen molar-refractivity contribution in [2.75, 3.05) is 0 Å². The van der Waals surface area contributed by atoms with Gasteiger partial charge in [0.15, 0.2) is 0 Å². The fraction of sp³-hybridized carbons (Fsp3) is 0.382. The first-order chi connectivity index (χ1) is 33.6. The molecule has 376 valence electrons. The van der Waals surface area contributed by atoms with Crippen molar-refractivity contribution in [3.05, 3.63) is 177 Å². The van der Waals surface area contributed by atoms with Crippen LogP contribution in [0, 0.1) is 67.2 Å². The van der Waals surface area contributed by atoms with Gasteiger partial charge in [-0.25, -0.2) is 0 Å². The van der Waals surface area contributed by atoms with Crippen LogP contribution in [0.5, 0.6) is 0 Å². The summed E-state index contributed by atoms with van der Waals surface area (Å²) < 4.78 is 0. The average Bonchev–Trinajstić information content (AvgIpc) is 3.68. The van der Waals surface area contributed by atoms with Gasteiger partial charge in [-0.15, -0.1) is 44.8 Å². The van der Waals surface area contributed by atoms with Gasteiger partial charge in [0, 0.05) is 0 Å². The number of hydrogen-bond donors (Lipinski definition) is 0. The average molecular weight is 1090 g/mol. The number of halogens is 2. The van der Waals surface area contributed by atoms with Crippen LogP contribution >= 0.6 is 0 Å². The first-order valence-electron chi connectivity index (χ1n) is 27.0. The largest absolute Gasteiger partial charge is 1.00 e. The molecular formula is C68H80Cl2SiZr-2. The van der Waals surface area contributed by atoms with Crippen molar-refractivity contribution in [2.24, 2.45) is 11.8 Å². The summed E-state index contributed by atoms with van der Waals surface area (Å²) in [4.78, 5) is 0. The summed E-state index contributed by atoms with van der Waals surface area (Å²) in [5.74, 6) is 1.69. The number of benzene rings is 6. The van der Waals surface area contributed by atoms with Gasteiger partial charge < -0.3 is 24.8 Å². The standard InChI is InChI=1S/2C33H37.C2H6Si.2ClH.Zr/c2*1-22-13-23(2)16-28(15-22)30-11-12-31(29-17-24(3)14-25(4)18-29)33-21-27(20-32(30)33)19-26-9-7-5-6-8-10-26;1-3-2;;;/h2*11-18,20-21,26H,5-10,19H2,1-4H3;1-2H3;2*1H;/q2*-1;;;;+2/p-2. The molecule has 8 aromatic rings. The minimum atomic E-state index is 0. The van der Waals surface area contributed by atoms with Gasteiger partial charge in [-0.1, -0.05) is 252 Å². The molecular weight excluding hydrogens is 1010 g/mol. The van der Waals surface area contributed by atoms with Crippen molar-refractivity contribution in [3.8, 4) is 44.5 Å². The topological polar surface area (TPSA) is 0 Å². The van der Waals surface area contributed by atoms with Crippen LogP contribution in [-0.2, 0) is 36.2 Å². The summed E-state index contributed by atoms with van der Waals surface area (Å²) in [7, 11) is 0. The Labute approximate surface area is 463 Å². The van der Waals surface area contributed by atoms with Crippen LogP contribution in [0.1, 0.15) is 133 Å². The van der Waals surface area contributed by atoms with E-state index in [2.05, 4.69) is 190 Å². The molecule has 0 bridgehead atoms. The summed E-state index contributed by atoms with van der Waals surface area (Å²) in [6, 6.07) is 47.3. The van der Waals surface area contributed by atoms with Crippen molar-refractivity contribution >= 4 is 27.0 Å². The van der Waals surface area contributed by atoms with Crippen molar-refractivity contribution in [1.29, 1.82) is 0 Å². The SMILES string of the molecule is C[Si](C)=[Zr+2].Cc1cc(C)cc(-c2ccc(-c3cc(C)cc(C)c3)c3[cH-]c(CC4CCCCCC4)cc23)c1.Cc1cc(C)cc(-c2ccc(-c3cc(C)cc(C)c3)c3[cH-]c(CC4CCCCCC4)cc23)c1.[Cl-].[Cl-]. The fourth-order valence-corrected chi connectivity index (χ4v) is 12.3. The molecule has 72 heavy (non-hydrogen) atoms. The first-order valence-corrected chi connectivity index (χ1v) is 33.2. The Balaban J connectivity index is 0.000000214. The number of hydrogen-bond acceptors (Lipinski definition) is 0. The molecule has 0 unspecified atom stereocenters. The van der Waals surface area contributed by atoms with E-state index in [0.717, 1.165) is 11.8 Å². The maximum atomic E-state index is 2.51. The van der Waals surface area contributed by atoms with E-state index in [1.54, 1.807) is 23.3 Å². The Bertz CT molecular complexity index is 2630. The van der Waals surface area contributed by atoms with Gasteiger partial charge in [-0.3, -0.25) is 0 Å². The molecule has 0 aliphatic heterocycles. The monoisotopic (exact) mass is 1080 g/mol. The maximum Gasteiger partial charge on any atom is -0.0274 e. The van der Waals surface area contributed by atoms with Crippen molar-refractivity contribution in [3.63, 3.8) is 0 Å². The predicted molar refractivity (Wildman–Crippen MR) is 306 cm³/mol. The zero-order chi connectivity index (χ0) is 49.5. The Morgan fingerprint density at radius 3 is 0.875 bits per heavy atom. The molecule has 0 nitrogen and oxygen atoms in total. The molecule has 0 aromatic heterocycles. The van der Waals surface area contributed by atoms with E-state index in [1.807, 2.05) is 0 Å². The molecule has 0 spiro atoms. The summed E-state index contributed by atoms with van der Waals surface area (Å²) in [6.45, 7) is 22.3. The van der Waals surface area contributed by atoms with Gasteiger partial charge >= 0.3 is 41.9 Å². The third kappa shape index (κ3) is 15.2. The zero-order valence-electron chi connectivity index (χ0n) is 45.4. The molecule has 2 aliphatic carbocycles. The van der Waals surface area contributed by atoms with E-state index in [9.17, 15) is 0 Å². The normalized spacial score (nSPS) is 14.3. The van der Waals surface area contributed by atoms with Crippen LogP contribution in [0.3, 0.4) is 0 Å². The van der Waals surface area contributed by atoms with Crippen LogP contribution in [0.15, 0.2) is 121 Å². The maximum absolute atomic E-state index is 2.51. The molecule has 0 heterocycles. The van der Waals surface area contributed by atoms with Crippen molar-refractivity contribution < 1.29 is 48.1 Å². The Morgan fingerprint density at radius 1 is 0.375 bits per heavy atom. The second-order valence-electron chi connectivity index (χ2n) is 22.3. The molecule has 0 radical (unpaired) electrons. The van der Waals surface area contributed by atoms with E-state index in [-0.39, 0.29) is 30.2 Å². The number of aryl methyl sites for hydroxylation is 8. The van der Waals surface area contributed by atoms with E-state index >= 15 is 0 Å². The molecule has 0 amide bonds. The third-order valence-corrected chi connectivity index (χ3v) is 15.0. The number of rotatable bonds is 8. The van der Waals surface area contributed by atoms with Crippen molar-refractivity contribution in [1.82, 2.24) is 0 Å². The third-order valence-electron chi connectivity index (χ3n) is 15.0. The Kier molecular flexibility index (Phi) is 21.3. The molecule has 0 atom stereocenters. The van der Waals surface area contributed by atoms with Crippen LogP contribution in [0.25, 0.3) is 66.1 Å². The van der Waals surface area contributed by atoms with E-state index in [4.69, 9.17) is 0 Å². The van der Waals surface area contributed by atoms with E-state index in [0.29, 0.717) is 0 Å². The van der Waals surface area contributed by atoms with Crippen LogP contribution in [-0.4, -0.2) is 5.43 Å². The van der Waals surface area contributed by atoms with E-state index < -0.39 is 0 Å². The molecule has 0 N–H and O–H groups in total. The minimum Gasteiger partial charge on any atom is -1.00 e. The van der Waals surface area contributed by atoms with Crippen LogP contribution in [0.4, 0.5) is 0 Å². The summed E-state index contributed by atoms with van der Waals surface area (Å²) in [6.07, 6.45) is 19.4. The van der Waals surface area contributed by atoms with E-state index in [1.165, 1.54) is 212 Å². The van der Waals surface area contributed by atoms with Gasteiger partial charge in [-0.05, 0) is 91.2 Å². The quantitative estimate of drug-likeness (QED) is 0.0808. The van der Waals surface area contributed by atoms with Crippen LogP contribution in [0.2, 0.25) is 13.1 Å². The van der Waals surface area contributed by atoms with Gasteiger partial charge in [0.05, 0.1) is 0 Å². The second kappa shape index (κ2) is 26.6. The minimum absolute atomic E-state index is 0. The molecule has 10 rings (SSSR count).